The molecule has 0 aliphatic rings. The summed E-state index contributed by atoms with van der Waals surface area (Å²) in [5.41, 5.74) is 1.83. The van der Waals surface area contributed by atoms with Gasteiger partial charge in [-0.3, -0.25) is 4.79 Å². The number of nitrogens with one attached hydrogen (secondary N) is 2. The average molecular weight is 354 g/mol. The van der Waals surface area contributed by atoms with Gasteiger partial charge in [0.05, 0.1) is 6.61 Å². The standard InChI is InChI=1S/C18H22N6O2/c1-26-12-11-19-18(25)10-9-17-22-21-16-8-7-15(23-24(16)17)20-13-14-5-3-2-4-6-14/h2-8H,9-13H2,1H3,(H,19,25)(H,20,23). The molecule has 0 radical (unpaired) electrons. The van der Waals surface area contributed by atoms with E-state index in [0.29, 0.717) is 44.0 Å². The second-order valence-corrected chi connectivity index (χ2v) is 5.79. The zero-order chi connectivity index (χ0) is 18.2. The van der Waals surface area contributed by atoms with Crippen molar-refractivity contribution in [3.8, 4) is 0 Å². The van der Waals surface area contributed by atoms with Crippen molar-refractivity contribution in [1.82, 2.24) is 25.1 Å². The van der Waals surface area contributed by atoms with Crippen molar-refractivity contribution < 1.29 is 9.53 Å². The van der Waals surface area contributed by atoms with Crippen LogP contribution in [-0.4, -0.2) is 46.0 Å². The number of hydrogen-bond donors (Lipinski definition) is 2. The second-order valence-electron chi connectivity index (χ2n) is 5.79. The van der Waals surface area contributed by atoms with Crippen LogP contribution in [0.3, 0.4) is 0 Å². The number of benzene rings is 1. The number of carbonyl (C=O) groups is 1. The van der Waals surface area contributed by atoms with Gasteiger partial charge in [0.1, 0.15) is 5.82 Å². The molecule has 2 heterocycles. The van der Waals surface area contributed by atoms with Crippen LogP contribution in [0, 0.1) is 0 Å². The van der Waals surface area contributed by atoms with Gasteiger partial charge < -0.3 is 15.4 Å². The van der Waals surface area contributed by atoms with Crippen LogP contribution in [-0.2, 0) is 22.5 Å². The fourth-order valence-corrected chi connectivity index (χ4v) is 2.48. The summed E-state index contributed by atoms with van der Waals surface area (Å²) in [6.07, 6.45) is 0.795. The number of aromatic nitrogens is 4. The Hall–Kier alpha value is -3.00. The molecule has 136 valence electrons. The minimum absolute atomic E-state index is 0.0443. The third kappa shape index (κ3) is 4.76. The molecule has 3 rings (SSSR count). The van der Waals surface area contributed by atoms with Crippen LogP contribution in [0.4, 0.5) is 5.82 Å². The van der Waals surface area contributed by atoms with Crippen molar-refractivity contribution in [3.63, 3.8) is 0 Å². The van der Waals surface area contributed by atoms with Gasteiger partial charge in [-0.1, -0.05) is 30.3 Å². The van der Waals surface area contributed by atoms with Crippen molar-refractivity contribution in [2.45, 2.75) is 19.4 Å². The Balaban J connectivity index is 1.61. The minimum atomic E-state index is -0.0443. The van der Waals surface area contributed by atoms with Gasteiger partial charge in [0.15, 0.2) is 11.5 Å². The van der Waals surface area contributed by atoms with E-state index in [1.165, 1.54) is 5.56 Å². The summed E-state index contributed by atoms with van der Waals surface area (Å²) in [5, 5.41) is 18.9. The Morgan fingerprint density at radius 3 is 2.81 bits per heavy atom. The van der Waals surface area contributed by atoms with Crippen molar-refractivity contribution in [2.75, 3.05) is 25.6 Å². The number of anilines is 1. The van der Waals surface area contributed by atoms with E-state index in [2.05, 4.69) is 38.1 Å². The zero-order valence-electron chi connectivity index (χ0n) is 14.7. The van der Waals surface area contributed by atoms with Crippen LogP contribution in [0.1, 0.15) is 17.8 Å². The summed E-state index contributed by atoms with van der Waals surface area (Å²) in [5.74, 6) is 1.34. The Kier molecular flexibility index (Phi) is 6.10. The first kappa shape index (κ1) is 17.8. The van der Waals surface area contributed by atoms with Crippen molar-refractivity contribution in [1.29, 1.82) is 0 Å². The molecule has 0 fully saturated rings. The third-order valence-corrected chi connectivity index (χ3v) is 3.85. The number of fused-ring (bicyclic) bond motifs is 1. The van der Waals surface area contributed by atoms with E-state index >= 15 is 0 Å². The van der Waals surface area contributed by atoms with Crippen LogP contribution in [0.15, 0.2) is 42.5 Å². The van der Waals surface area contributed by atoms with Crippen molar-refractivity contribution in [2.24, 2.45) is 0 Å². The Labute approximate surface area is 151 Å². The quantitative estimate of drug-likeness (QED) is 0.565. The van der Waals surface area contributed by atoms with Gasteiger partial charge in [-0.2, -0.15) is 4.52 Å². The van der Waals surface area contributed by atoms with Gasteiger partial charge in [-0.25, -0.2) is 0 Å². The lowest BCUT2D eigenvalue weighted by Crippen LogP contribution is -2.27. The number of rotatable bonds is 9. The summed E-state index contributed by atoms with van der Waals surface area (Å²) < 4.78 is 6.59. The first-order valence-corrected chi connectivity index (χ1v) is 8.51. The highest BCUT2D eigenvalue weighted by molar-refractivity contribution is 5.76. The van der Waals surface area contributed by atoms with Crippen molar-refractivity contribution >= 4 is 17.4 Å². The Bertz CT molecular complexity index is 849. The fourth-order valence-electron chi connectivity index (χ4n) is 2.48. The molecule has 1 aromatic carbocycles. The molecule has 0 saturated heterocycles. The fraction of sp³-hybridized carbons (Fsp3) is 0.333. The number of methoxy groups -OCH3 is 1. The van der Waals surface area contributed by atoms with Gasteiger partial charge in [0.25, 0.3) is 0 Å². The van der Waals surface area contributed by atoms with E-state index in [-0.39, 0.29) is 5.91 Å². The largest absolute Gasteiger partial charge is 0.383 e. The second kappa shape index (κ2) is 8.91. The topological polar surface area (TPSA) is 93.4 Å². The molecule has 2 N–H and O–H groups in total. The number of amides is 1. The zero-order valence-corrected chi connectivity index (χ0v) is 14.7. The number of hydrogen-bond acceptors (Lipinski definition) is 6. The number of carbonyl (C=O) groups excluding carboxylic acids is 1. The smallest absolute Gasteiger partial charge is 0.220 e. The molecule has 0 atom stereocenters. The Morgan fingerprint density at radius 1 is 1.15 bits per heavy atom. The Morgan fingerprint density at radius 2 is 2.00 bits per heavy atom. The minimum Gasteiger partial charge on any atom is -0.383 e. The monoisotopic (exact) mass is 354 g/mol. The predicted octanol–water partition coefficient (Wildman–Crippen LogP) is 1.43. The maximum absolute atomic E-state index is 11.8. The number of ether oxygens (including phenoxy) is 1. The van der Waals surface area contributed by atoms with E-state index < -0.39 is 0 Å². The van der Waals surface area contributed by atoms with Crippen LogP contribution in [0.2, 0.25) is 0 Å². The molecule has 8 nitrogen and oxygen atoms in total. The molecule has 0 spiro atoms. The summed E-state index contributed by atoms with van der Waals surface area (Å²) in [6.45, 7) is 1.68. The molecule has 3 aromatic rings. The molecule has 2 aromatic heterocycles. The highest BCUT2D eigenvalue weighted by Gasteiger charge is 2.10. The van der Waals surface area contributed by atoms with E-state index in [0.717, 1.165) is 5.82 Å². The molecule has 8 heteroatoms. The van der Waals surface area contributed by atoms with Crippen LogP contribution in [0.5, 0.6) is 0 Å². The first-order valence-electron chi connectivity index (χ1n) is 8.51. The lowest BCUT2D eigenvalue weighted by atomic mass is 10.2. The predicted molar refractivity (Wildman–Crippen MR) is 97.8 cm³/mol. The average Bonchev–Trinajstić information content (AvgIpc) is 3.08. The number of aryl methyl sites for hydroxylation is 1. The molecule has 0 aliphatic carbocycles. The summed E-state index contributed by atoms with van der Waals surface area (Å²) >= 11 is 0. The highest BCUT2D eigenvalue weighted by atomic mass is 16.5. The molecular weight excluding hydrogens is 332 g/mol. The molecular formula is C18H22N6O2. The van der Waals surface area contributed by atoms with Gasteiger partial charge in [0, 0.05) is 33.0 Å². The normalized spacial score (nSPS) is 10.8. The van der Waals surface area contributed by atoms with E-state index in [1.807, 2.05) is 30.3 Å². The SMILES string of the molecule is COCCNC(=O)CCc1nnc2ccc(NCc3ccccc3)nn12. The van der Waals surface area contributed by atoms with Gasteiger partial charge in [-0.15, -0.1) is 15.3 Å². The van der Waals surface area contributed by atoms with E-state index in [1.54, 1.807) is 11.6 Å². The van der Waals surface area contributed by atoms with Crippen molar-refractivity contribution in [3.05, 3.63) is 53.9 Å². The maximum atomic E-state index is 11.8. The first-order chi connectivity index (χ1) is 12.8. The van der Waals surface area contributed by atoms with Crippen LogP contribution < -0.4 is 10.6 Å². The van der Waals surface area contributed by atoms with E-state index in [9.17, 15) is 4.79 Å². The van der Waals surface area contributed by atoms with E-state index in [4.69, 9.17) is 4.74 Å². The highest BCUT2D eigenvalue weighted by Crippen LogP contribution is 2.10. The lowest BCUT2D eigenvalue weighted by Gasteiger charge is -2.07. The van der Waals surface area contributed by atoms with Gasteiger partial charge in [-0.05, 0) is 17.7 Å². The molecule has 0 unspecified atom stereocenters. The van der Waals surface area contributed by atoms with Crippen LogP contribution in [0.25, 0.3) is 5.65 Å². The summed E-state index contributed by atoms with van der Waals surface area (Å²) in [6, 6.07) is 13.8. The molecule has 0 bridgehead atoms. The maximum Gasteiger partial charge on any atom is 0.220 e. The summed E-state index contributed by atoms with van der Waals surface area (Å²) in [4.78, 5) is 11.8. The van der Waals surface area contributed by atoms with Crippen LogP contribution >= 0.6 is 0 Å². The molecule has 1 amide bonds. The number of nitrogens with zero attached hydrogens (tertiary/aromatic N) is 4. The third-order valence-electron chi connectivity index (χ3n) is 3.85. The molecule has 0 saturated carbocycles. The van der Waals surface area contributed by atoms with Gasteiger partial charge in [0.2, 0.25) is 5.91 Å². The molecule has 26 heavy (non-hydrogen) atoms. The molecule has 0 aliphatic heterocycles. The lowest BCUT2D eigenvalue weighted by molar-refractivity contribution is -0.121. The summed E-state index contributed by atoms with van der Waals surface area (Å²) in [7, 11) is 1.60. The van der Waals surface area contributed by atoms with Gasteiger partial charge >= 0.3 is 0 Å².